The van der Waals surface area contributed by atoms with Crippen LogP contribution in [0.2, 0.25) is 0 Å². The summed E-state index contributed by atoms with van der Waals surface area (Å²) in [5, 5.41) is 0.939. The third-order valence-corrected chi connectivity index (χ3v) is 2.84. The van der Waals surface area contributed by atoms with Gasteiger partial charge in [0, 0.05) is 17.6 Å². The Bertz CT molecular complexity index is 516. The molecule has 0 aliphatic carbocycles. The Morgan fingerprint density at radius 3 is 2.76 bits per heavy atom. The lowest BCUT2D eigenvalue weighted by Gasteiger charge is -2.10. The molecule has 1 heterocycles. The van der Waals surface area contributed by atoms with Gasteiger partial charge in [0.2, 0.25) is 0 Å². The van der Waals surface area contributed by atoms with Gasteiger partial charge in [-0.1, -0.05) is 12.1 Å². The second-order valence-electron chi connectivity index (χ2n) is 4.42. The van der Waals surface area contributed by atoms with Gasteiger partial charge >= 0.3 is 0 Å². The molecule has 0 amide bonds. The Morgan fingerprint density at radius 1 is 1.35 bits per heavy atom. The minimum Gasteiger partial charge on any atom is -0.373 e. The molecule has 0 bridgehead atoms. The van der Waals surface area contributed by atoms with Crippen LogP contribution >= 0.6 is 0 Å². The lowest BCUT2D eigenvalue weighted by atomic mass is 10.2. The van der Waals surface area contributed by atoms with Gasteiger partial charge in [-0.15, -0.1) is 0 Å². The van der Waals surface area contributed by atoms with Crippen molar-refractivity contribution >= 4 is 10.9 Å². The zero-order valence-electron chi connectivity index (χ0n) is 10.5. The quantitative estimate of drug-likeness (QED) is 0.787. The molecule has 0 N–H and O–H groups in total. The number of hydrogen-bond donors (Lipinski definition) is 0. The Balaban J connectivity index is 2.45. The molecule has 0 aliphatic heterocycles. The number of aromatic nitrogens is 1. The van der Waals surface area contributed by atoms with E-state index in [0.29, 0.717) is 12.1 Å². The molecule has 1 aromatic carbocycles. The van der Waals surface area contributed by atoms with Crippen LogP contribution in [0.25, 0.3) is 10.9 Å². The summed E-state index contributed by atoms with van der Waals surface area (Å²) >= 11 is 0. The van der Waals surface area contributed by atoms with Crippen LogP contribution in [0.5, 0.6) is 0 Å². The normalized spacial score (nSPS) is 11.6. The maximum atomic E-state index is 13.8. The van der Waals surface area contributed by atoms with Crippen LogP contribution in [0.1, 0.15) is 26.5 Å². The zero-order chi connectivity index (χ0) is 12.4. The predicted octanol–water partition coefficient (Wildman–Crippen LogP) is 3.73. The number of rotatable bonds is 4. The number of nitrogens with zero attached hydrogens (tertiary/aromatic N) is 1. The average molecular weight is 235 g/mol. The molecule has 1 aromatic heterocycles. The van der Waals surface area contributed by atoms with Gasteiger partial charge < -0.3 is 9.30 Å². The Labute approximate surface area is 101 Å². The molecule has 2 nitrogen and oxygen atoms in total. The number of benzene rings is 1. The van der Waals surface area contributed by atoms with E-state index in [0.717, 1.165) is 17.6 Å². The number of para-hydroxylation sites is 1. The third-order valence-electron chi connectivity index (χ3n) is 2.84. The number of fused-ring (bicyclic) bond motifs is 1. The van der Waals surface area contributed by atoms with Crippen LogP contribution in [-0.2, 0) is 17.9 Å². The molecule has 0 aliphatic rings. The molecule has 2 aromatic rings. The van der Waals surface area contributed by atoms with E-state index in [4.69, 9.17) is 4.74 Å². The van der Waals surface area contributed by atoms with Crippen LogP contribution in [0.15, 0.2) is 24.3 Å². The van der Waals surface area contributed by atoms with Gasteiger partial charge in [-0.05, 0) is 32.9 Å². The minimum atomic E-state index is -0.167. The van der Waals surface area contributed by atoms with Crippen molar-refractivity contribution in [2.45, 2.75) is 40.0 Å². The molecule has 0 saturated carbocycles. The molecule has 2 rings (SSSR count). The fraction of sp³-hybridized carbons (Fsp3) is 0.429. The van der Waals surface area contributed by atoms with Gasteiger partial charge in [0.05, 0.1) is 18.2 Å². The molecule has 0 atom stereocenters. The van der Waals surface area contributed by atoms with Crippen molar-refractivity contribution in [1.82, 2.24) is 4.57 Å². The minimum absolute atomic E-state index is 0.167. The molecule has 0 spiro atoms. The highest BCUT2D eigenvalue weighted by molar-refractivity contribution is 5.81. The van der Waals surface area contributed by atoms with Crippen molar-refractivity contribution in [2.75, 3.05) is 0 Å². The van der Waals surface area contributed by atoms with E-state index >= 15 is 0 Å². The first-order valence-corrected chi connectivity index (χ1v) is 6.01. The van der Waals surface area contributed by atoms with Crippen molar-refractivity contribution in [1.29, 1.82) is 0 Å². The van der Waals surface area contributed by atoms with E-state index in [9.17, 15) is 4.39 Å². The van der Waals surface area contributed by atoms with E-state index in [2.05, 4.69) is 0 Å². The number of halogens is 1. The lowest BCUT2D eigenvalue weighted by Crippen LogP contribution is -2.07. The monoisotopic (exact) mass is 235 g/mol. The molecule has 0 saturated heterocycles. The van der Waals surface area contributed by atoms with Gasteiger partial charge in [-0.2, -0.15) is 0 Å². The largest absolute Gasteiger partial charge is 0.373 e. The number of ether oxygens (including phenoxy) is 1. The fourth-order valence-electron chi connectivity index (χ4n) is 2.07. The van der Waals surface area contributed by atoms with Gasteiger partial charge in [-0.25, -0.2) is 4.39 Å². The molecule has 0 radical (unpaired) electrons. The first-order chi connectivity index (χ1) is 8.13. The molecular formula is C14H18FNO. The summed E-state index contributed by atoms with van der Waals surface area (Å²) in [7, 11) is 0. The Kier molecular flexibility index (Phi) is 3.48. The molecule has 0 fully saturated rings. The van der Waals surface area contributed by atoms with Crippen molar-refractivity contribution in [3.8, 4) is 0 Å². The van der Waals surface area contributed by atoms with Crippen LogP contribution in [-0.4, -0.2) is 10.7 Å². The highest BCUT2D eigenvalue weighted by atomic mass is 19.1. The summed E-state index contributed by atoms with van der Waals surface area (Å²) in [5.41, 5.74) is 1.71. The highest BCUT2D eigenvalue weighted by Crippen LogP contribution is 2.23. The standard InChI is InChI=1S/C14H18FNO/c1-4-16-12(9-17-10(2)3)8-11-6-5-7-13(15)14(11)16/h5-8,10H,4,9H2,1-3H3. The van der Waals surface area contributed by atoms with Crippen molar-refractivity contribution in [3.63, 3.8) is 0 Å². The molecule has 0 unspecified atom stereocenters. The van der Waals surface area contributed by atoms with E-state index in [1.54, 1.807) is 6.07 Å². The van der Waals surface area contributed by atoms with Gasteiger partial charge in [0.1, 0.15) is 5.82 Å². The summed E-state index contributed by atoms with van der Waals surface area (Å²) in [6.07, 6.45) is 0.183. The lowest BCUT2D eigenvalue weighted by molar-refractivity contribution is 0.0620. The van der Waals surface area contributed by atoms with E-state index in [1.165, 1.54) is 6.07 Å². The summed E-state index contributed by atoms with van der Waals surface area (Å²) in [4.78, 5) is 0. The van der Waals surface area contributed by atoms with Crippen LogP contribution < -0.4 is 0 Å². The van der Waals surface area contributed by atoms with Crippen LogP contribution in [0.4, 0.5) is 4.39 Å². The highest BCUT2D eigenvalue weighted by Gasteiger charge is 2.11. The first kappa shape index (κ1) is 12.1. The van der Waals surface area contributed by atoms with Gasteiger partial charge in [0.25, 0.3) is 0 Å². The molecule has 92 valence electrons. The second kappa shape index (κ2) is 4.88. The van der Waals surface area contributed by atoms with Crippen molar-refractivity contribution in [3.05, 3.63) is 35.8 Å². The SMILES string of the molecule is CCn1c(COC(C)C)cc2cccc(F)c21. The Morgan fingerprint density at radius 2 is 2.12 bits per heavy atom. The average Bonchev–Trinajstić information content (AvgIpc) is 2.65. The second-order valence-corrected chi connectivity index (χ2v) is 4.42. The molecule has 17 heavy (non-hydrogen) atoms. The molecular weight excluding hydrogens is 217 g/mol. The summed E-state index contributed by atoms with van der Waals surface area (Å²) in [5.74, 6) is -0.167. The Hall–Kier alpha value is -1.35. The predicted molar refractivity (Wildman–Crippen MR) is 67.5 cm³/mol. The first-order valence-electron chi connectivity index (χ1n) is 6.01. The van der Waals surface area contributed by atoms with Crippen LogP contribution in [0.3, 0.4) is 0 Å². The maximum absolute atomic E-state index is 13.8. The number of hydrogen-bond acceptors (Lipinski definition) is 1. The fourth-order valence-corrected chi connectivity index (χ4v) is 2.07. The third kappa shape index (κ3) is 2.34. The maximum Gasteiger partial charge on any atom is 0.147 e. The van der Waals surface area contributed by atoms with Crippen molar-refractivity contribution < 1.29 is 9.13 Å². The van der Waals surface area contributed by atoms with Crippen molar-refractivity contribution in [2.24, 2.45) is 0 Å². The van der Waals surface area contributed by atoms with E-state index in [1.807, 2.05) is 37.5 Å². The van der Waals surface area contributed by atoms with Gasteiger partial charge in [-0.3, -0.25) is 0 Å². The van der Waals surface area contributed by atoms with Crippen LogP contribution in [0, 0.1) is 5.82 Å². The van der Waals surface area contributed by atoms with Gasteiger partial charge in [0.15, 0.2) is 0 Å². The van der Waals surface area contributed by atoms with E-state index < -0.39 is 0 Å². The zero-order valence-corrected chi connectivity index (χ0v) is 10.5. The summed E-state index contributed by atoms with van der Waals surface area (Å²) in [6.45, 7) is 7.30. The topological polar surface area (TPSA) is 14.2 Å². The summed E-state index contributed by atoms with van der Waals surface area (Å²) < 4.78 is 21.4. The van der Waals surface area contributed by atoms with E-state index in [-0.39, 0.29) is 11.9 Å². The number of aryl methyl sites for hydroxylation is 1. The smallest absolute Gasteiger partial charge is 0.147 e. The summed E-state index contributed by atoms with van der Waals surface area (Å²) in [6, 6.07) is 7.18. The molecule has 3 heteroatoms.